The van der Waals surface area contributed by atoms with Gasteiger partial charge in [0.25, 0.3) is 0 Å². The molecule has 2 aliphatic rings. The molecule has 0 spiro atoms. The molecule has 0 aliphatic heterocycles. The molecule has 1 atom stereocenters. The summed E-state index contributed by atoms with van der Waals surface area (Å²) in [5, 5.41) is 5.39. The van der Waals surface area contributed by atoms with E-state index in [0.717, 1.165) is 34.8 Å². The Bertz CT molecular complexity index is 855. The number of nitrogens with zero attached hydrogens (tertiary/aromatic N) is 4. The molecule has 0 bridgehead atoms. The fourth-order valence-electron chi connectivity index (χ4n) is 3.67. The third-order valence-electron chi connectivity index (χ3n) is 5.04. The Morgan fingerprint density at radius 1 is 1.36 bits per heavy atom. The molecule has 1 saturated carbocycles. The predicted molar refractivity (Wildman–Crippen MR) is 102 cm³/mol. The topological polar surface area (TPSA) is 41.4 Å². The van der Waals surface area contributed by atoms with Crippen LogP contribution in [0.2, 0.25) is 0 Å². The van der Waals surface area contributed by atoms with Crippen LogP contribution >= 0.6 is 23.6 Å². The first kappa shape index (κ1) is 16.9. The number of amides is 1. The van der Waals surface area contributed by atoms with Gasteiger partial charge < -0.3 is 0 Å². The van der Waals surface area contributed by atoms with Crippen LogP contribution in [-0.2, 0) is 17.9 Å². The smallest absolute Gasteiger partial charge is 0.225 e. The van der Waals surface area contributed by atoms with Crippen molar-refractivity contribution in [3.05, 3.63) is 39.3 Å². The van der Waals surface area contributed by atoms with Gasteiger partial charge in [0.15, 0.2) is 3.95 Å². The third kappa shape index (κ3) is 3.28. The molecule has 2 aromatic rings. The molecule has 1 aromatic carbocycles. The number of fused-ring (bicyclic) bond motifs is 1. The van der Waals surface area contributed by atoms with Gasteiger partial charge in [0, 0.05) is 19.0 Å². The molecular formula is C18H22N4OS2. The monoisotopic (exact) mass is 374 g/mol. The van der Waals surface area contributed by atoms with Gasteiger partial charge in [-0.05, 0) is 56.1 Å². The van der Waals surface area contributed by atoms with Crippen molar-refractivity contribution < 1.29 is 4.79 Å². The number of carbonyl (C=O) groups is 1. The van der Waals surface area contributed by atoms with Crippen LogP contribution in [0.25, 0.3) is 0 Å². The Kier molecular flexibility index (Phi) is 4.47. The van der Waals surface area contributed by atoms with E-state index < -0.39 is 0 Å². The number of rotatable bonds is 5. The molecule has 1 aromatic heterocycles. The van der Waals surface area contributed by atoms with Crippen LogP contribution < -0.4 is 4.90 Å². The second-order valence-electron chi connectivity index (χ2n) is 6.92. The number of hydrogen-bond donors (Lipinski definition) is 0. The summed E-state index contributed by atoms with van der Waals surface area (Å²) in [6, 6.07) is 9.37. The number of carbonyl (C=O) groups excluding carboxylic acids is 1. The van der Waals surface area contributed by atoms with Crippen LogP contribution in [-0.4, -0.2) is 33.7 Å². The number of benzene rings is 1. The predicted octanol–water partition coefficient (Wildman–Crippen LogP) is 3.77. The van der Waals surface area contributed by atoms with Gasteiger partial charge in [-0.1, -0.05) is 35.6 Å². The third-order valence-corrected chi connectivity index (χ3v) is 6.35. The van der Waals surface area contributed by atoms with Crippen LogP contribution in [0.5, 0.6) is 0 Å². The van der Waals surface area contributed by atoms with Crippen molar-refractivity contribution in [1.29, 1.82) is 0 Å². The van der Waals surface area contributed by atoms with Crippen molar-refractivity contribution in [3.8, 4) is 0 Å². The summed E-state index contributed by atoms with van der Waals surface area (Å²) in [4.78, 5) is 16.1. The van der Waals surface area contributed by atoms with Crippen LogP contribution in [0.4, 0.5) is 5.13 Å². The largest absolute Gasteiger partial charge is 0.284 e. The highest BCUT2D eigenvalue weighted by Crippen LogP contribution is 2.36. The first-order valence-corrected chi connectivity index (χ1v) is 9.93. The summed E-state index contributed by atoms with van der Waals surface area (Å²) >= 11 is 6.95. The normalized spacial score (nSPS) is 19.2. The van der Waals surface area contributed by atoms with Crippen LogP contribution in [0, 0.1) is 3.95 Å². The van der Waals surface area contributed by atoms with Gasteiger partial charge in [-0.3, -0.25) is 14.6 Å². The summed E-state index contributed by atoms with van der Waals surface area (Å²) in [5.41, 5.74) is 2.86. The Morgan fingerprint density at radius 3 is 2.84 bits per heavy atom. The quantitative estimate of drug-likeness (QED) is 0.747. The lowest BCUT2D eigenvalue weighted by Crippen LogP contribution is -2.31. The summed E-state index contributed by atoms with van der Waals surface area (Å²) in [6.45, 7) is 2.25. The highest BCUT2D eigenvalue weighted by molar-refractivity contribution is 7.73. The maximum atomic E-state index is 12.0. The molecule has 0 N–H and O–H groups in total. The SMILES string of the molecule is CC(=O)N(c1nn(CN(C)[C@@H]2CCc3ccccc32)c(=S)s1)C1CC1. The van der Waals surface area contributed by atoms with E-state index in [4.69, 9.17) is 12.2 Å². The minimum atomic E-state index is 0.0523. The lowest BCUT2D eigenvalue weighted by Gasteiger charge is -2.25. The first-order chi connectivity index (χ1) is 12.0. The van der Waals surface area contributed by atoms with Gasteiger partial charge in [-0.25, -0.2) is 4.68 Å². The Labute approximate surface area is 156 Å². The summed E-state index contributed by atoms with van der Waals surface area (Å²) in [7, 11) is 2.12. The van der Waals surface area contributed by atoms with Crippen molar-refractivity contribution in [2.45, 2.75) is 51.4 Å². The zero-order valence-corrected chi connectivity index (χ0v) is 16.1. The van der Waals surface area contributed by atoms with Crippen molar-refractivity contribution in [2.24, 2.45) is 0 Å². The average Bonchev–Trinajstić information content (AvgIpc) is 3.20. The minimum absolute atomic E-state index is 0.0523. The summed E-state index contributed by atoms with van der Waals surface area (Å²) in [5.74, 6) is 0.0523. The van der Waals surface area contributed by atoms with Crippen molar-refractivity contribution in [1.82, 2.24) is 14.7 Å². The van der Waals surface area contributed by atoms with E-state index in [0.29, 0.717) is 18.8 Å². The highest BCUT2D eigenvalue weighted by Gasteiger charge is 2.34. The fourth-order valence-corrected chi connectivity index (χ4v) is 4.86. The van der Waals surface area contributed by atoms with Crippen molar-refractivity contribution in [2.75, 3.05) is 11.9 Å². The molecule has 1 fully saturated rings. The zero-order chi connectivity index (χ0) is 17.6. The summed E-state index contributed by atoms with van der Waals surface area (Å²) in [6.07, 6.45) is 4.37. The van der Waals surface area contributed by atoms with Gasteiger partial charge >= 0.3 is 0 Å². The zero-order valence-electron chi connectivity index (χ0n) is 14.5. The number of aromatic nitrogens is 2. The molecule has 25 heavy (non-hydrogen) atoms. The average molecular weight is 375 g/mol. The number of aryl methyl sites for hydroxylation is 1. The van der Waals surface area contributed by atoms with E-state index >= 15 is 0 Å². The van der Waals surface area contributed by atoms with E-state index in [1.54, 1.807) is 6.92 Å². The maximum Gasteiger partial charge on any atom is 0.225 e. The standard InChI is InChI=1S/C18H22N4OS2/c1-12(23)22(14-8-9-14)17-19-21(18(24)25-17)11-20(2)16-10-7-13-5-3-4-6-15(13)16/h3-6,14,16H,7-11H2,1-2H3/t16-/m1/s1. The van der Waals surface area contributed by atoms with Crippen LogP contribution in [0.1, 0.15) is 43.4 Å². The summed E-state index contributed by atoms with van der Waals surface area (Å²) < 4.78 is 2.58. The van der Waals surface area contributed by atoms with Crippen molar-refractivity contribution in [3.63, 3.8) is 0 Å². The number of hydrogen-bond acceptors (Lipinski definition) is 5. The van der Waals surface area contributed by atoms with E-state index in [9.17, 15) is 4.79 Å². The molecule has 2 aliphatic carbocycles. The van der Waals surface area contributed by atoms with E-state index in [1.165, 1.54) is 22.5 Å². The molecule has 0 unspecified atom stereocenters. The molecule has 1 heterocycles. The van der Waals surface area contributed by atoms with Crippen LogP contribution in [0.3, 0.4) is 0 Å². The van der Waals surface area contributed by atoms with Gasteiger partial charge in [-0.2, -0.15) is 0 Å². The van der Waals surface area contributed by atoms with Crippen molar-refractivity contribution >= 4 is 34.6 Å². The lowest BCUT2D eigenvalue weighted by atomic mass is 10.1. The molecule has 7 heteroatoms. The molecule has 5 nitrogen and oxygen atoms in total. The number of anilines is 1. The minimum Gasteiger partial charge on any atom is -0.284 e. The van der Waals surface area contributed by atoms with Gasteiger partial charge in [0.2, 0.25) is 11.0 Å². The molecule has 1 amide bonds. The lowest BCUT2D eigenvalue weighted by molar-refractivity contribution is -0.116. The highest BCUT2D eigenvalue weighted by atomic mass is 32.1. The second-order valence-corrected chi connectivity index (χ2v) is 8.52. The maximum absolute atomic E-state index is 12.0. The van der Waals surface area contributed by atoms with Gasteiger partial charge in [-0.15, -0.1) is 5.10 Å². The van der Waals surface area contributed by atoms with Crippen LogP contribution in [0.15, 0.2) is 24.3 Å². The molecule has 132 valence electrons. The first-order valence-electron chi connectivity index (χ1n) is 8.70. The van der Waals surface area contributed by atoms with Gasteiger partial charge in [0.1, 0.15) is 0 Å². The Hall–Kier alpha value is -1.57. The van der Waals surface area contributed by atoms with Gasteiger partial charge in [0.05, 0.1) is 6.67 Å². The molecule has 4 rings (SSSR count). The van der Waals surface area contributed by atoms with E-state index in [2.05, 4.69) is 41.3 Å². The molecule has 0 radical (unpaired) electrons. The Morgan fingerprint density at radius 2 is 2.12 bits per heavy atom. The fraction of sp³-hybridized carbons (Fsp3) is 0.500. The molecule has 0 saturated heterocycles. The van der Waals surface area contributed by atoms with E-state index in [-0.39, 0.29) is 5.91 Å². The Balaban J connectivity index is 1.53. The van der Waals surface area contributed by atoms with E-state index in [1.807, 2.05) is 9.58 Å². The molecular weight excluding hydrogens is 352 g/mol. The second kappa shape index (κ2) is 6.63.